The third-order valence-electron chi connectivity index (χ3n) is 2.89. The molecule has 0 aliphatic rings. The van der Waals surface area contributed by atoms with E-state index in [2.05, 4.69) is 13.8 Å². The molecular weight excluding hydrogens is 228 g/mol. The number of ether oxygens (including phenoxy) is 2. The Hall–Kier alpha value is -0.610. The Morgan fingerprint density at radius 2 is 1.72 bits per heavy atom. The molecule has 3 N–H and O–H groups in total. The first kappa shape index (κ1) is 17.4. The van der Waals surface area contributed by atoms with E-state index in [0.29, 0.717) is 19.1 Å². The summed E-state index contributed by atoms with van der Waals surface area (Å²) in [6.45, 7) is 11.2. The Morgan fingerprint density at radius 3 is 2.28 bits per heavy atom. The molecule has 0 aromatic rings. The molecule has 108 valence electrons. The van der Waals surface area contributed by atoms with E-state index in [1.54, 1.807) is 0 Å². The summed E-state index contributed by atoms with van der Waals surface area (Å²) in [5.74, 6) is 0.851. The first-order chi connectivity index (χ1) is 8.36. The van der Waals surface area contributed by atoms with Crippen molar-refractivity contribution in [1.82, 2.24) is 0 Å². The largest absolute Gasteiger partial charge is 0.387 e. The average Bonchev–Trinajstić information content (AvgIpc) is 2.26. The van der Waals surface area contributed by atoms with Crippen LogP contribution in [0, 0.1) is 16.7 Å². The van der Waals surface area contributed by atoms with Crippen molar-refractivity contribution in [3.05, 3.63) is 0 Å². The molecule has 0 spiro atoms. The molecule has 0 aromatic heterocycles. The van der Waals surface area contributed by atoms with Gasteiger partial charge in [0, 0.05) is 18.6 Å². The highest BCUT2D eigenvalue weighted by Crippen LogP contribution is 2.22. The van der Waals surface area contributed by atoms with Gasteiger partial charge in [0.05, 0.1) is 19.0 Å². The van der Waals surface area contributed by atoms with Crippen LogP contribution in [0.1, 0.15) is 47.0 Å². The van der Waals surface area contributed by atoms with Crippen LogP contribution in [0.5, 0.6) is 0 Å². The summed E-state index contributed by atoms with van der Waals surface area (Å²) in [5, 5.41) is 7.45. The third kappa shape index (κ3) is 9.42. The molecule has 0 heterocycles. The van der Waals surface area contributed by atoms with E-state index < -0.39 is 0 Å². The zero-order valence-electron chi connectivity index (χ0n) is 12.4. The van der Waals surface area contributed by atoms with Crippen molar-refractivity contribution >= 4 is 5.84 Å². The Kier molecular flexibility index (Phi) is 9.02. The number of amidine groups is 1. The molecule has 4 heteroatoms. The Balaban J connectivity index is 3.29. The quantitative estimate of drug-likeness (QED) is 0.340. The molecule has 0 rings (SSSR count). The molecule has 0 amide bonds. The second-order valence-corrected chi connectivity index (χ2v) is 5.84. The molecule has 4 nitrogen and oxygen atoms in total. The van der Waals surface area contributed by atoms with Crippen LogP contribution in [0.25, 0.3) is 0 Å². The van der Waals surface area contributed by atoms with Crippen LogP contribution in [-0.4, -0.2) is 32.3 Å². The maximum Gasteiger partial charge on any atom is 0.0963 e. The van der Waals surface area contributed by atoms with Crippen molar-refractivity contribution in [3.63, 3.8) is 0 Å². The number of nitrogens with two attached hydrogens (primary N) is 1. The summed E-state index contributed by atoms with van der Waals surface area (Å²) in [4.78, 5) is 0. The molecule has 0 aliphatic heterocycles. The van der Waals surface area contributed by atoms with Gasteiger partial charge in [-0.3, -0.25) is 5.41 Å². The van der Waals surface area contributed by atoms with E-state index in [-0.39, 0.29) is 11.3 Å². The smallest absolute Gasteiger partial charge is 0.0963 e. The lowest BCUT2D eigenvalue weighted by Crippen LogP contribution is -2.30. The second kappa shape index (κ2) is 9.34. The van der Waals surface area contributed by atoms with Gasteiger partial charge in [-0.1, -0.05) is 34.1 Å². The predicted molar refractivity (Wildman–Crippen MR) is 76.0 cm³/mol. The molecule has 18 heavy (non-hydrogen) atoms. The summed E-state index contributed by atoms with van der Waals surface area (Å²) in [5.41, 5.74) is 5.35. The lowest BCUT2D eigenvalue weighted by Gasteiger charge is -2.22. The first-order valence-electron chi connectivity index (χ1n) is 6.86. The average molecular weight is 258 g/mol. The maximum atomic E-state index is 7.45. The van der Waals surface area contributed by atoms with Gasteiger partial charge in [0.1, 0.15) is 0 Å². The van der Waals surface area contributed by atoms with Crippen LogP contribution in [0.2, 0.25) is 0 Å². The van der Waals surface area contributed by atoms with Crippen molar-refractivity contribution in [2.75, 3.05) is 26.4 Å². The summed E-state index contributed by atoms with van der Waals surface area (Å²) in [6.07, 6.45) is 3.00. The molecule has 0 radical (unpaired) electrons. The Bertz CT molecular complexity index is 228. The lowest BCUT2D eigenvalue weighted by atomic mass is 9.86. The zero-order valence-corrected chi connectivity index (χ0v) is 12.4. The standard InChI is InChI=1S/C14H30N2O2/c1-12(2)11-18-10-9-17-8-6-5-7-14(3,4)13(15)16/h12H,5-11H2,1-4H3,(H3,15,16). The summed E-state index contributed by atoms with van der Waals surface area (Å²) in [6, 6.07) is 0. The lowest BCUT2D eigenvalue weighted by molar-refractivity contribution is 0.0363. The normalized spacial score (nSPS) is 12.1. The van der Waals surface area contributed by atoms with Crippen LogP contribution in [-0.2, 0) is 9.47 Å². The van der Waals surface area contributed by atoms with E-state index >= 15 is 0 Å². The number of rotatable bonds is 11. The van der Waals surface area contributed by atoms with Crippen LogP contribution < -0.4 is 5.73 Å². The molecule has 0 fully saturated rings. The van der Waals surface area contributed by atoms with E-state index in [4.69, 9.17) is 20.6 Å². The Morgan fingerprint density at radius 1 is 1.11 bits per heavy atom. The van der Waals surface area contributed by atoms with Gasteiger partial charge in [-0.25, -0.2) is 0 Å². The number of nitrogens with one attached hydrogen (secondary N) is 1. The summed E-state index contributed by atoms with van der Waals surface area (Å²) < 4.78 is 10.9. The van der Waals surface area contributed by atoms with Gasteiger partial charge < -0.3 is 15.2 Å². The van der Waals surface area contributed by atoms with Crippen LogP contribution in [0.3, 0.4) is 0 Å². The third-order valence-corrected chi connectivity index (χ3v) is 2.89. The number of hydrogen-bond donors (Lipinski definition) is 2. The van der Waals surface area contributed by atoms with Gasteiger partial charge in [0.2, 0.25) is 0 Å². The molecule has 0 unspecified atom stereocenters. The number of unbranched alkanes of at least 4 members (excludes halogenated alkanes) is 1. The highest BCUT2D eigenvalue weighted by Gasteiger charge is 2.20. The molecule has 0 bridgehead atoms. The highest BCUT2D eigenvalue weighted by atomic mass is 16.5. The van der Waals surface area contributed by atoms with Crippen LogP contribution >= 0.6 is 0 Å². The van der Waals surface area contributed by atoms with E-state index in [9.17, 15) is 0 Å². The first-order valence-corrected chi connectivity index (χ1v) is 6.86. The molecule has 0 saturated carbocycles. The van der Waals surface area contributed by atoms with Crippen molar-refractivity contribution in [1.29, 1.82) is 5.41 Å². The summed E-state index contributed by atoms with van der Waals surface area (Å²) >= 11 is 0. The van der Waals surface area contributed by atoms with Gasteiger partial charge in [-0.2, -0.15) is 0 Å². The molecule has 0 aromatic carbocycles. The number of hydrogen-bond acceptors (Lipinski definition) is 3. The van der Waals surface area contributed by atoms with Crippen molar-refractivity contribution in [3.8, 4) is 0 Å². The topological polar surface area (TPSA) is 68.3 Å². The minimum atomic E-state index is -0.180. The minimum Gasteiger partial charge on any atom is -0.387 e. The van der Waals surface area contributed by atoms with Crippen molar-refractivity contribution < 1.29 is 9.47 Å². The van der Waals surface area contributed by atoms with Gasteiger partial charge in [-0.05, 0) is 18.8 Å². The minimum absolute atomic E-state index is 0.180. The fourth-order valence-corrected chi connectivity index (χ4v) is 1.44. The van der Waals surface area contributed by atoms with Gasteiger partial charge in [-0.15, -0.1) is 0 Å². The van der Waals surface area contributed by atoms with Crippen LogP contribution in [0.4, 0.5) is 0 Å². The van der Waals surface area contributed by atoms with Gasteiger partial charge in [0.15, 0.2) is 0 Å². The highest BCUT2D eigenvalue weighted by molar-refractivity contribution is 5.82. The molecular formula is C14H30N2O2. The van der Waals surface area contributed by atoms with Gasteiger partial charge >= 0.3 is 0 Å². The van der Waals surface area contributed by atoms with Crippen molar-refractivity contribution in [2.45, 2.75) is 47.0 Å². The molecule has 0 aliphatic carbocycles. The monoisotopic (exact) mass is 258 g/mol. The second-order valence-electron chi connectivity index (χ2n) is 5.84. The fourth-order valence-electron chi connectivity index (χ4n) is 1.44. The molecule has 0 atom stereocenters. The van der Waals surface area contributed by atoms with Gasteiger partial charge in [0.25, 0.3) is 0 Å². The summed E-state index contributed by atoms with van der Waals surface area (Å²) in [7, 11) is 0. The predicted octanol–water partition coefficient (Wildman–Crippen LogP) is 2.81. The van der Waals surface area contributed by atoms with E-state index in [1.807, 2.05) is 13.8 Å². The molecule has 0 saturated heterocycles. The van der Waals surface area contributed by atoms with E-state index in [0.717, 1.165) is 32.5 Å². The van der Waals surface area contributed by atoms with Crippen molar-refractivity contribution in [2.24, 2.45) is 17.1 Å². The van der Waals surface area contributed by atoms with Crippen LogP contribution in [0.15, 0.2) is 0 Å². The zero-order chi connectivity index (χ0) is 14.0. The maximum absolute atomic E-state index is 7.45. The van der Waals surface area contributed by atoms with E-state index in [1.165, 1.54) is 0 Å². The fraction of sp³-hybridized carbons (Fsp3) is 0.929. The Labute approximate surface area is 112 Å². The SMILES string of the molecule is CC(C)COCCOCCCCC(C)(C)C(=N)N.